The molecular weight excluding hydrogens is 290 g/mol. The van der Waals surface area contributed by atoms with Gasteiger partial charge in [-0.25, -0.2) is 0 Å². The van der Waals surface area contributed by atoms with Gasteiger partial charge in [-0.05, 0) is 42.5 Å². The van der Waals surface area contributed by atoms with Crippen molar-refractivity contribution in [2.75, 3.05) is 25.5 Å². The van der Waals surface area contributed by atoms with Crippen LogP contribution in [0.5, 0.6) is 0 Å². The number of rotatable bonds is 5. The number of hydrogen-bond acceptors (Lipinski definition) is 4. The van der Waals surface area contributed by atoms with Crippen LogP contribution in [0.25, 0.3) is 11.1 Å². The minimum atomic E-state index is -0.0466. The Morgan fingerprint density at radius 3 is 2.83 bits per heavy atom. The summed E-state index contributed by atoms with van der Waals surface area (Å²) >= 11 is 0. The molecule has 120 valence electrons. The fraction of sp³-hybridized carbons (Fsp3) is 0.333. The quantitative estimate of drug-likeness (QED) is 0.889. The van der Waals surface area contributed by atoms with Gasteiger partial charge in [0.05, 0.1) is 0 Å². The summed E-state index contributed by atoms with van der Waals surface area (Å²) in [6.45, 7) is 2.35. The van der Waals surface area contributed by atoms with Gasteiger partial charge in [0, 0.05) is 49.0 Å². The van der Waals surface area contributed by atoms with Crippen molar-refractivity contribution in [1.82, 2.24) is 10.3 Å². The number of aromatic nitrogens is 1. The number of nitrogen functional groups attached to an aromatic ring is 1. The molecule has 1 unspecified atom stereocenters. The first-order valence-electron chi connectivity index (χ1n) is 7.90. The third-order valence-electron chi connectivity index (χ3n) is 4.18. The zero-order chi connectivity index (χ0) is 16.1. The Labute approximate surface area is 135 Å². The summed E-state index contributed by atoms with van der Waals surface area (Å²) in [7, 11) is 0. The Hall–Kier alpha value is -2.40. The van der Waals surface area contributed by atoms with Crippen LogP contribution in [0.15, 0.2) is 42.7 Å². The molecule has 1 amide bonds. The van der Waals surface area contributed by atoms with Gasteiger partial charge in [-0.15, -0.1) is 0 Å². The maximum absolute atomic E-state index is 12.2. The van der Waals surface area contributed by atoms with E-state index < -0.39 is 0 Å². The number of carbonyl (C=O) groups is 1. The number of benzene rings is 1. The van der Waals surface area contributed by atoms with Gasteiger partial charge in [-0.2, -0.15) is 0 Å². The lowest BCUT2D eigenvalue weighted by Crippen LogP contribution is -2.26. The highest BCUT2D eigenvalue weighted by Gasteiger charge is 2.15. The van der Waals surface area contributed by atoms with Crippen molar-refractivity contribution in [3.05, 3.63) is 48.3 Å². The second-order valence-electron chi connectivity index (χ2n) is 5.81. The molecule has 1 aromatic heterocycles. The SMILES string of the molecule is Nc1ccncc1-c1ccc(C(=O)NCCC2CCOC2)cc1. The van der Waals surface area contributed by atoms with Gasteiger partial charge in [0.2, 0.25) is 0 Å². The maximum Gasteiger partial charge on any atom is 0.251 e. The molecule has 1 aliphatic rings. The Morgan fingerprint density at radius 1 is 1.30 bits per heavy atom. The zero-order valence-electron chi connectivity index (χ0n) is 13.0. The summed E-state index contributed by atoms with van der Waals surface area (Å²) in [5.74, 6) is 0.529. The van der Waals surface area contributed by atoms with Crippen molar-refractivity contribution in [2.45, 2.75) is 12.8 Å². The van der Waals surface area contributed by atoms with E-state index in [-0.39, 0.29) is 5.91 Å². The number of carbonyl (C=O) groups excluding carboxylic acids is 1. The average molecular weight is 311 g/mol. The number of nitrogens with two attached hydrogens (primary N) is 1. The summed E-state index contributed by atoms with van der Waals surface area (Å²) in [5, 5.41) is 2.96. The van der Waals surface area contributed by atoms with Gasteiger partial charge in [-0.1, -0.05) is 12.1 Å². The molecule has 1 saturated heterocycles. The van der Waals surface area contributed by atoms with E-state index in [4.69, 9.17) is 10.5 Å². The molecule has 1 atom stereocenters. The molecule has 3 N–H and O–H groups in total. The van der Waals surface area contributed by atoms with Crippen molar-refractivity contribution in [3.8, 4) is 11.1 Å². The van der Waals surface area contributed by atoms with Crippen molar-refractivity contribution in [2.24, 2.45) is 5.92 Å². The number of nitrogens with one attached hydrogen (secondary N) is 1. The number of pyridine rings is 1. The van der Waals surface area contributed by atoms with Crippen LogP contribution in [-0.4, -0.2) is 30.6 Å². The van der Waals surface area contributed by atoms with E-state index in [0.717, 1.165) is 37.2 Å². The number of ether oxygens (including phenoxy) is 1. The van der Waals surface area contributed by atoms with Crippen molar-refractivity contribution in [1.29, 1.82) is 0 Å². The summed E-state index contributed by atoms with van der Waals surface area (Å²) in [4.78, 5) is 16.2. The fourth-order valence-corrected chi connectivity index (χ4v) is 2.75. The molecule has 3 rings (SSSR count). The summed E-state index contributed by atoms with van der Waals surface area (Å²) in [6.07, 6.45) is 5.46. The highest BCUT2D eigenvalue weighted by molar-refractivity contribution is 5.94. The lowest BCUT2D eigenvalue weighted by atomic mass is 10.0. The molecule has 5 nitrogen and oxygen atoms in total. The molecule has 5 heteroatoms. The third kappa shape index (κ3) is 3.87. The lowest BCUT2D eigenvalue weighted by Gasteiger charge is -2.09. The molecule has 0 radical (unpaired) electrons. The van der Waals surface area contributed by atoms with Crippen LogP contribution in [0.1, 0.15) is 23.2 Å². The first kappa shape index (κ1) is 15.5. The molecular formula is C18H21N3O2. The first-order valence-corrected chi connectivity index (χ1v) is 7.90. The van der Waals surface area contributed by atoms with E-state index in [1.807, 2.05) is 24.3 Å². The summed E-state index contributed by atoms with van der Waals surface area (Å²) < 4.78 is 5.34. The highest BCUT2D eigenvalue weighted by Crippen LogP contribution is 2.24. The van der Waals surface area contributed by atoms with E-state index in [1.165, 1.54) is 0 Å². The van der Waals surface area contributed by atoms with Crippen molar-refractivity contribution >= 4 is 11.6 Å². The smallest absolute Gasteiger partial charge is 0.251 e. The summed E-state index contributed by atoms with van der Waals surface area (Å²) in [6, 6.07) is 9.19. The molecule has 1 aliphatic heterocycles. The first-order chi connectivity index (χ1) is 11.2. The summed E-state index contributed by atoms with van der Waals surface area (Å²) in [5.41, 5.74) is 9.10. The van der Waals surface area contributed by atoms with E-state index in [0.29, 0.717) is 23.7 Å². The Kier molecular flexibility index (Phi) is 4.88. The molecule has 1 fully saturated rings. The van der Waals surface area contributed by atoms with Gasteiger partial charge < -0.3 is 15.8 Å². The lowest BCUT2D eigenvalue weighted by molar-refractivity contribution is 0.0950. The third-order valence-corrected chi connectivity index (χ3v) is 4.18. The number of hydrogen-bond donors (Lipinski definition) is 2. The predicted molar refractivity (Wildman–Crippen MR) is 90.0 cm³/mol. The average Bonchev–Trinajstić information content (AvgIpc) is 3.09. The van der Waals surface area contributed by atoms with Gasteiger partial charge >= 0.3 is 0 Å². The van der Waals surface area contributed by atoms with E-state index in [9.17, 15) is 4.79 Å². The molecule has 1 aromatic carbocycles. The zero-order valence-corrected chi connectivity index (χ0v) is 13.0. The maximum atomic E-state index is 12.2. The van der Waals surface area contributed by atoms with Gasteiger partial charge in [0.15, 0.2) is 0 Å². The highest BCUT2D eigenvalue weighted by atomic mass is 16.5. The second kappa shape index (κ2) is 7.24. The second-order valence-corrected chi connectivity index (χ2v) is 5.81. The molecule has 0 bridgehead atoms. The van der Waals surface area contributed by atoms with Crippen molar-refractivity contribution in [3.63, 3.8) is 0 Å². The topological polar surface area (TPSA) is 77.2 Å². The van der Waals surface area contributed by atoms with E-state index in [2.05, 4.69) is 10.3 Å². The predicted octanol–water partition coefficient (Wildman–Crippen LogP) is 2.49. The van der Waals surface area contributed by atoms with Gasteiger partial charge in [0.25, 0.3) is 5.91 Å². The molecule has 2 aromatic rings. The minimum absolute atomic E-state index is 0.0466. The van der Waals surface area contributed by atoms with E-state index >= 15 is 0 Å². The Balaban J connectivity index is 1.58. The Bertz CT molecular complexity index is 664. The standard InChI is InChI=1S/C18H21N3O2/c19-17-6-8-20-11-16(17)14-1-3-15(4-2-14)18(22)21-9-5-13-7-10-23-12-13/h1-4,6,8,11,13H,5,7,9-10,12H2,(H2,19,20)(H,21,22). The number of amides is 1. The number of nitrogens with zero attached hydrogens (tertiary/aromatic N) is 1. The van der Waals surface area contributed by atoms with Crippen LogP contribution in [-0.2, 0) is 4.74 Å². The normalized spacial score (nSPS) is 17.1. The molecule has 0 spiro atoms. The largest absolute Gasteiger partial charge is 0.398 e. The van der Waals surface area contributed by atoms with Crippen molar-refractivity contribution < 1.29 is 9.53 Å². The van der Waals surface area contributed by atoms with Crippen LogP contribution in [0.2, 0.25) is 0 Å². The Morgan fingerprint density at radius 2 is 2.13 bits per heavy atom. The van der Waals surface area contributed by atoms with Gasteiger partial charge in [-0.3, -0.25) is 9.78 Å². The van der Waals surface area contributed by atoms with E-state index in [1.54, 1.807) is 18.5 Å². The monoisotopic (exact) mass is 311 g/mol. The van der Waals surface area contributed by atoms with Crippen LogP contribution in [0.4, 0.5) is 5.69 Å². The molecule has 0 saturated carbocycles. The van der Waals surface area contributed by atoms with Crippen LogP contribution in [0, 0.1) is 5.92 Å². The number of anilines is 1. The van der Waals surface area contributed by atoms with Crippen LogP contribution >= 0.6 is 0 Å². The van der Waals surface area contributed by atoms with Crippen LogP contribution in [0.3, 0.4) is 0 Å². The minimum Gasteiger partial charge on any atom is -0.398 e. The van der Waals surface area contributed by atoms with Gasteiger partial charge in [0.1, 0.15) is 0 Å². The molecule has 2 heterocycles. The molecule has 23 heavy (non-hydrogen) atoms. The fourth-order valence-electron chi connectivity index (χ4n) is 2.75. The molecule has 0 aliphatic carbocycles. The van der Waals surface area contributed by atoms with Crippen LogP contribution < -0.4 is 11.1 Å².